The first-order chi connectivity index (χ1) is 7.84. The summed E-state index contributed by atoms with van der Waals surface area (Å²) < 4.78 is 3.14. The van der Waals surface area contributed by atoms with Gasteiger partial charge in [0.25, 0.3) is 0 Å². The van der Waals surface area contributed by atoms with Crippen LogP contribution in [0.1, 0.15) is 0 Å². The van der Waals surface area contributed by atoms with E-state index in [0.717, 1.165) is 11.2 Å². The minimum absolute atomic E-state index is 1.03. The number of hydrogen-bond acceptors (Lipinski definition) is 1. The highest BCUT2D eigenvalue weighted by Gasteiger charge is 2.04. The first kappa shape index (κ1) is 9.84. The smallest absolute Gasteiger partial charge is 0.0927 e. The topological polar surface area (TPSA) is 17.8 Å². The van der Waals surface area contributed by atoms with Crippen molar-refractivity contribution >= 4 is 33.5 Å². The molecule has 3 rings (SSSR count). The predicted molar refractivity (Wildman–Crippen MR) is 73.8 cm³/mol. The van der Waals surface area contributed by atoms with E-state index in [1.165, 1.54) is 8.96 Å². The van der Waals surface area contributed by atoms with Gasteiger partial charge in [0.05, 0.1) is 11.2 Å². The monoisotopic (exact) mass is 320 g/mol. The molecule has 0 atom stereocenters. The molecule has 78 valence electrons. The van der Waals surface area contributed by atoms with Crippen molar-refractivity contribution in [3.05, 3.63) is 58.3 Å². The Morgan fingerprint density at radius 1 is 0.938 bits per heavy atom. The van der Waals surface area contributed by atoms with Crippen molar-refractivity contribution in [1.82, 2.24) is 9.78 Å². The van der Waals surface area contributed by atoms with Gasteiger partial charge in [-0.3, -0.25) is 0 Å². The first-order valence-electron chi connectivity index (χ1n) is 5.04. The quantitative estimate of drug-likeness (QED) is 0.626. The summed E-state index contributed by atoms with van der Waals surface area (Å²) in [6.45, 7) is 0. The molecule has 2 aromatic carbocycles. The van der Waals surface area contributed by atoms with Crippen molar-refractivity contribution in [3.63, 3.8) is 0 Å². The van der Waals surface area contributed by atoms with E-state index in [2.05, 4.69) is 52.1 Å². The number of nitrogens with zero attached hydrogens (tertiary/aromatic N) is 2. The fourth-order valence-electron chi connectivity index (χ4n) is 1.73. The fourth-order valence-corrected chi connectivity index (χ4v) is 2.36. The molecule has 3 heteroatoms. The van der Waals surface area contributed by atoms with Gasteiger partial charge in [-0.1, -0.05) is 30.3 Å². The third-order valence-corrected chi connectivity index (χ3v) is 3.43. The van der Waals surface area contributed by atoms with Gasteiger partial charge in [-0.25, -0.2) is 4.68 Å². The summed E-state index contributed by atoms with van der Waals surface area (Å²) in [7, 11) is 0. The van der Waals surface area contributed by atoms with E-state index in [4.69, 9.17) is 0 Å². The van der Waals surface area contributed by atoms with E-state index in [-0.39, 0.29) is 0 Å². The summed E-state index contributed by atoms with van der Waals surface area (Å²) in [6.07, 6.45) is 2.06. The average molecular weight is 320 g/mol. The number of para-hydroxylation sites is 1. The molecular formula is C13H9IN2. The lowest BCUT2D eigenvalue weighted by atomic mass is 10.3. The van der Waals surface area contributed by atoms with Crippen LogP contribution < -0.4 is 0 Å². The molecule has 0 aliphatic heterocycles. The fraction of sp³-hybridized carbons (Fsp3) is 0. The molecule has 0 fully saturated rings. The highest BCUT2D eigenvalue weighted by Crippen LogP contribution is 2.19. The Morgan fingerprint density at radius 3 is 2.50 bits per heavy atom. The number of aromatic nitrogens is 2. The van der Waals surface area contributed by atoms with Crippen molar-refractivity contribution in [2.75, 3.05) is 0 Å². The molecule has 2 nitrogen and oxygen atoms in total. The van der Waals surface area contributed by atoms with Crippen LogP contribution in [-0.4, -0.2) is 9.78 Å². The largest absolute Gasteiger partial charge is 0.239 e. The molecule has 0 N–H and O–H groups in total. The van der Waals surface area contributed by atoms with Crippen LogP contribution in [0.2, 0.25) is 0 Å². The zero-order valence-corrected chi connectivity index (χ0v) is 10.6. The van der Waals surface area contributed by atoms with Gasteiger partial charge in [0.2, 0.25) is 0 Å². The van der Waals surface area contributed by atoms with Crippen LogP contribution in [0.15, 0.2) is 54.7 Å². The van der Waals surface area contributed by atoms with E-state index >= 15 is 0 Å². The Labute approximate surface area is 107 Å². The lowest BCUT2D eigenvalue weighted by molar-refractivity contribution is 0.891. The third kappa shape index (κ3) is 1.61. The second kappa shape index (κ2) is 3.90. The zero-order chi connectivity index (χ0) is 11.0. The third-order valence-electron chi connectivity index (χ3n) is 2.51. The summed E-state index contributed by atoms with van der Waals surface area (Å²) in [4.78, 5) is 0. The molecule has 0 amide bonds. The van der Waals surface area contributed by atoms with Gasteiger partial charge in [-0.05, 0) is 40.8 Å². The molecule has 0 saturated carbocycles. The normalized spacial score (nSPS) is 10.8. The average Bonchev–Trinajstić information content (AvgIpc) is 2.73. The summed E-state index contributed by atoms with van der Waals surface area (Å²) in [5.41, 5.74) is 2.15. The van der Waals surface area contributed by atoms with Crippen molar-refractivity contribution in [2.24, 2.45) is 0 Å². The molecule has 0 unspecified atom stereocenters. The molecule has 3 aromatic rings. The van der Waals surface area contributed by atoms with Gasteiger partial charge in [0.15, 0.2) is 0 Å². The van der Waals surface area contributed by atoms with Gasteiger partial charge in [-0.2, -0.15) is 5.10 Å². The molecule has 0 aliphatic carbocycles. The molecule has 0 radical (unpaired) electrons. The van der Waals surface area contributed by atoms with E-state index < -0.39 is 0 Å². The van der Waals surface area contributed by atoms with Crippen LogP contribution in [0.5, 0.6) is 0 Å². The standard InChI is InChI=1S/C13H9IN2/c14-11-6-2-4-8-13(11)16-9-10-5-1-3-7-12(10)15-16/h1-9H. The second-order valence-electron chi connectivity index (χ2n) is 3.58. The molecule has 0 aliphatic rings. The van der Waals surface area contributed by atoms with Gasteiger partial charge in [-0.15, -0.1) is 0 Å². The molecule has 0 saturated heterocycles. The summed E-state index contributed by atoms with van der Waals surface area (Å²) in [5, 5.41) is 5.72. The van der Waals surface area contributed by atoms with Crippen LogP contribution in [-0.2, 0) is 0 Å². The maximum Gasteiger partial charge on any atom is 0.0927 e. The molecule has 1 heterocycles. The minimum Gasteiger partial charge on any atom is -0.239 e. The van der Waals surface area contributed by atoms with Gasteiger partial charge < -0.3 is 0 Å². The molecule has 16 heavy (non-hydrogen) atoms. The minimum atomic E-state index is 1.03. The van der Waals surface area contributed by atoms with Crippen LogP contribution in [0.25, 0.3) is 16.6 Å². The van der Waals surface area contributed by atoms with E-state index in [0.29, 0.717) is 0 Å². The van der Waals surface area contributed by atoms with E-state index in [9.17, 15) is 0 Å². The Morgan fingerprint density at radius 2 is 1.69 bits per heavy atom. The Bertz CT molecular complexity index is 610. The SMILES string of the molecule is Ic1ccccc1-n1cc2ccccc2n1. The van der Waals surface area contributed by atoms with Crippen LogP contribution in [0, 0.1) is 3.57 Å². The van der Waals surface area contributed by atoms with Crippen LogP contribution in [0.4, 0.5) is 0 Å². The highest BCUT2D eigenvalue weighted by atomic mass is 127. The summed E-state index contributed by atoms with van der Waals surface area (Å²) in [5.74, 6) is 0. The summed E-state index contributed by atoms with van der Waals surface area (Å²) >= 11 is 2.33. The Balaban J connectivity index is 2.23. The summed E-state index contributed by atoms with van der Waals surface area (Å²) in [6, 6.07) is 16.4. The maximum absolute atomic E-state index is 4.56. The van der Waals surface area contributed by atoms with Crippen molar-refractivity contribution < 1.29 is 0 Å². The lowest BCUT2D eigenvalue weighted by Crippen LogP contribution is -1.96. The van der Waals surface area contributed by atoms with Crippen molar-refractivity contribution in [1.29, 1.82) is 0 Å². The van der Waals surface area contributed by atoms with Gasteiger partial charge in [0.1, 0.15) is 0 Å². The van der Waals surface area contributed by atoms with Crippen molar-refractivity contribution in [3.8, 4) is 5.69 Å². The van der Waals surface area contributed by atoms with Gasteiger partial charge in [0, 0.05) is 15.2 Å². The zero-order valence-electron chi connectivity index (χ0n) is 8.47. The number of fused-ring (bicyclic) bond motifs is 1. The number of hydrogen-bond donors (Lipinski definition) is 0. The predicted octanol–water partition coefficient (Wildman–Crippen LogP) is 3.63. The number of rotatable bonds is 1. The molecular weight excluding hydrogens is 311 g/mol. The Hall–Kier alpha value is -1.36. The molecule has 1 aromatic heterocycles. The first-order valence-corrected chi connectivity index (χ1v) is 6.12. The highest BCUT2D eigenvalue weighted by molar-refractivity contribution is 14.1. The maximum atomic E-state index is 4.56. The second-order valence-corrected chi connectivity index (χ2v) is 4.75. The Kier molecular flexibility index (Phi) is 2.40. The lowest BCUT2D eigenvalue weighted by Gasteiger charge is -2.02. The van der Waals surface area contributed by atoms with Crippen LogP contribution in [0.3, 0.4) is 0 Å². The number of halogens is 1. The van der Waals surface area contributed by atoms with Crippen LogP contribution >= 0.6 is 22.6 Å². The molecule has 0 spiro atoms. The van der Waals surface area contributed by atoms with Crippen molar-refractivity contribution in [2.45, 2.75) is 0 Å². The van der Waals surface area contributed by atoms with E-state index in [1.54, 1.807) is 0 Å². The molecule has 0 bridgehead atoms. The van der Waals surface area contributed by atoms with E-state index in [1.807, 2.05) is 35.0 Å². The number of benzene rings is 2. The van der Waals surface area contributed by atoms with Gasteiger partial charge >= 0.3 is 0 Å².